The third kappa shape index (κ3) is 3.60. The topological polar surface area (TPSA) is 100 Å². The zero-order valence-corrected chi connectivity index (χ0v) is 13.9. The van der Waals surface area contributed by atoms with Gasteiger partial charge in [0.1, 0.15) is 0 Å². The summed E-state index contributed by atoms with van der Waals surface area (Å²) in [4.78, 5) is 15.3. The van der Waals surface area contributed by atoms with Gasteiger partial charge in [-0.25, -0.2) is 0 Å². The van der Waals surface area contributed by atoms with Gasteiger partial charge in [-0.05, 0) is 36.8 Å². The van der Waals surface area contributed by atoms with Crippen LogP contribution >= 0.6 is 0 Å². The number of methoxy groups -OCH3 is 1. The summed E-state index contributed by atoms with van der Waals surface area (Å²) in [6.07, 6.45) is 0. The van der Waals surface area contributed by atoms with Gasteiger partial charge in [-0.15, -0.1) is 0 Å². The van der Waals surface area contributed by atoms with Crippen LogP contribution in [0, 0.1) is 6.92 Å². The fourth-order valence-corrected chi connectivity index (χ4v) is 2.34. The summed E-state index contributed by atoms with van der Waals surface area (Å²) >= 11 is 0. The lowest BCUT2D eigenvalue weighted by Crippen LogP contribution is -2.20. The molecule has 25 heavy (non-hydrogen) atoms. The van der Waals surface area contributed by atoms with Crippen LogP contribution in [-0.4, -0.2) is 29.8 Å². The Morgan fingerprint density at radius 1 is 1.20 bits per heavy atom. The molecule has 0 atom stereocenters. The zero-order chi connectivity index (χ0) is 17.8. The molecule has 0 spiro atoms. The monoisotopic (exact) mass is 339 g/mol. The van der Waals surface area contributed by atoms with Gasteiger partial charge in [0.05, 0.1) is 7.11 Å². The summed E-state index contributed by atoms with van der Waals surface area (Å²) in [5.41, 5.74) is 7.72. The van der Waals surface area contributed by atoms with Gasteiger partial charge in [-0.3, -0.25) is 4.79 Å². The minimum atomic E-state index is -0.563. The van der Waals surface area contributed by atoms with Crippen molar-refractivity contribution in [3.63, 3.8) is 0 Å². The molecule has 3 rings (SSSR count). The van der Waals surface area contributed by atoms with Crippen molar-refractivity contribution in [2.24, 2.45) is 5.73 Å². The van der Waals surface area contributed by atoms with Crippen LogP contribution in [0.3, 0.4) is 0 Å². The number of hydrogen-bond acceptors (Lipinski definition) is 6. The van der Waals surface area contributed by atoms with Crippen LogP contribution in [0.4, 0.5) is 0 Å². The second kappa shape index (κ2) is 7.04. The third-order valence-corrected chi connectivity index (χ3v) is 3.59. The summed E-state index contributed by atoms with van der Waals surface area (Å²) in [5.74, 6) is 1.17. The molecule has 0 aliphatic heterocycles. The maximum atomic E-state index is 10.8. The molecule has 7 nitrogen and oxygen atoms in total. The van der Waals surface area contributed by atoms with Crippen molar-refractivity contribution in [2.75, 3.05) is 13.7 Å². The second-order valence-corrected chi connectivity index (χ2v) is 5.36. The number of carbonyl (C=O) groups excluding carboxylic acids is 1. The van der Waals surface area contributed by atoms with Crippen LogP contribution in [0.1, 0.15) is 5.56 Å². The molecule has 0 radical (unpaired) electrons. The van der Waals surface area contributed by atoms with Crippen LogP contribution < -0.4 is 15.2 Å². The van der Waals surface area contributed by atoms with Crippen LogP contribution in [0.2, 0.25) is 0 Å². The number of benzene rings is 2. The number of carbonyl (C=O) groups is 1. The van der Waals surface area contributed by atoms with Crippen LogP contribution in [0.5, 0.6) is 11.5 Å². The zero-order valence-electron chi connectivity index (χ0n) is 13.9. The maximum Gasteiger partial charge on any atom is 0.258 e. The van der Waals surface area contributed by atoms with E-state index in [4.69, 9.17) is 19.7 Å². The molecule has 0 fully saturated rings. The van der Waals surface area contributed by atoms with Gasteiger partial charge >= 0.3 is 0 Å². The highest BCUT2D eigenvalue weighted by Gasteiger charge is 2.15. The van der Waals surface area contributed by atoms with E-state index in [2.05, 4.69) is 10.1 Å². The highest BCUT2D eigenvalue weighted by molar-refractivity contribution is 5.75. The van der Waals surface area contributed by atoms with Crippen molar-refractivity contribution in [1.29, 1.82) is 0 Å². The molecule has 0 saturated heterocycles. The van der Waals surface area contributed by atoms with Crippen molar-refractivity contribution in [3.05, 3.63) is 48.0 Å². The Morgan fingerprint density at radius 3 is 2.72 bits per heavy atom. The molecule has 0 aliphatic rings. The van der Waals surface area contributed by atoms with E-state index >= 15 is 0 Å². The number of nitrogens with two attached hydrogens (primary N) is 1. The van der Waals surface area contributed by atoms with E-state index in [1.165, 1.54) is 7.11 Å². The number of amides is 1. The molecule has 0 unspecified atom stereocenters. The summed E-state index contributed by atoms with van der Waals surface area (Å²) < 4.78 is 16.0. The van der Waals surface area contributed by atoms with E-state index in [9.17, 15) is 4.79 Å². The van der Waals surface area contributed by atoms with Crippen LogP contribution in [0.25, 0.3) is 22.8 Å². The predicted octanol–water partition coefficient (Wildman–Crippen LogP) is 2.58. The highest BCUT2D eigenvalue weighted by atomic mass is 16.5. The largest absolute Gasteiger partial charge is 0.493 e. The molecule has 2 N–H and O–H groups in total. The molecule has 1 heterocycles. The van der Waals surface area contributed by atoms with E-state index < -0.39 is 5.91 Å². The molecule has 7 heteroatoms. The summed E-state index contributed by atoms with van der Waals surface area (Å²) in [7, 11) is 1.51. The number of ether oxygens (including phenoxy) is 2. The molecule has 0 saturated carbocycles. The molecular formula is C18H17N3O4. The average molecular weight is 339 g/mol. The molecule has 3 aromatic rings. The minimum Gasteiger partial charge on any atom is -0.493 e. The molecule has 2 aromatic carbocycles. The quantitative estimate of drug-likeness (QED) is 0.741. The number of nitrogens with zero attached hydrogens (tertiary/aromatic N) is 2. The lowest BCUT2D eigenvalue weighted by Gasteiger charge is -2.09. The van der Waals surface area contributed by atoms with Crippen LogP contribution in [0.15, 0.2) is 47.0 Å². The van der Waals surface area contributed by atoms with E-state index in [1.807, 2.05) is 31.2 Å². The standard InChI is InChI=1S/C18H17N3O4/c1-11-5-3-4-6-13(11)18-20-17(21-25-18)12-7-8-14(15(9-12)23-2)24-10-16(19)22/h3-9H,10H2,1-2H3,(H2,19,22). The van der Waals surface area contributed by atoms with Crippen molar-refractivity contribution < 1.29 is 18.8 Å². The van der Waals surface area contributed by atoms with Gasteiger partial charge in [0.25, 0.3) is 11.8 Å². The minimum absolute atomic E-state index is 0.227. The van der Waals surface area contributed by atoms with E-state index in [0.717, 1.165) is 11.1 Å². The summed E-state index contributed by atoms with van der Waals surface area (Å²) in [6, 6.07) is 12.9. The molecule has 0 bridgehead atoms. The van der Waals surface area contributed by atoms with Crippen molar-refractivity contribution in [2.45, 2.75) is 6.92 Å². The third-order valence-electron chi connectivity index (χ3n) is 3.59. The first-order valence-corrected chi connectivity index (χ1v) is 7.57. The number of rotatable bonds is 6. The van der Waals surface area contributed by atoms with E-state index in [1.54, 1.807) is 18.2 Å². The average Bonchev–Trinajstić information content (AvgIpc) is 3.10. The van der Waals surface area contributed by atoms with Crippen molar-refractivity contribution >= 4 is 5.91 Å². The first-order chi connectivity index (χ1) is 12.1. The smallest absolute Gasteiger partial charge is 0.258 e. The summed E-state index contributed by atoms with van der Waals surface area (Å²) in [6.45, 7) is 1.75. The predicted molar refractivity (Wildman–Crippen MR) is 91.1 cm³/mol. The fourth-order valence-electron chi connectivity index (χ4n) is 2.34. The van der Waals surface area contributed by atoms with E-state index in [0.29, 0.717) is 28.8 Å². The van der Waals surface area contributed by atoms with Crippen molar-refractivity contribution in [3.8, 4) is 34.3 Å². The Bertz CT molecular complexity index is 905. The van der Waals surface area contributed by atoms with Gasteiger partial charge in [-0.2, -0.15) is 4.98 Å². The number of aryl methyl sites for hydroxylation is 1. The van der Waals surface area contributed by atoms with Gasteiger partial charge in [-0.1, -0.05) is 23.4 Å². The van der Waals surface area contributed by atoms with Gasteiger partial charge in [0.2, 0.25) is 5.82 Å². The SMILES string of the molecule is COc1cc(-c2noc(-c3ccccc3C)n2)ccc1OCC(N)=O. The Balaban J connectivity index is 1.90. The van der Waals surface area contributed by atoms with Crippen molar-refractivity contribution in [1.82, 2.24) is 10.1 Å². The Labute approximate surface area is 144 Å². The Hall–Kier alpha value is -3.35. The summed E-state index contributed by atoms with van der Waals surface area (Å²) in [5, 5.41) is 4.03. The first-order valence-electron chi connectivity index (χ1n) is 7.57. The lowest BCUT2D eigenvalue weighted by atomic mass is 10.1. The number of primary amides is 1. The number of hydrogen-bond donors (Lipinski definition) is 1. The molecular weight excluding hydrogens is 322 g/mol. The number of aromatic nitrogens is 2. The Morgan fingerprint density at radius 2 is 2.00 bits per heavy atom. The van der Waals surface area contributed by atoms with Gasteiger partial charge in [0.15, 0.2) is 18.1 Å². The van der Waals surface area contributed by atoms with Gasteiger partial charge in [0, 0.05) is 11.1 Å². The molecule has 1 aromatic heterocycles. The van der Waals surface area contributed by atoms with E-state index in [-0.39, 0.29) is 6.61 Å². The maximum absolute atomic E-state index is 10.8. The lowest BCUT2D eigenvalue weighted by molar-refractivity contribution is -0.119. The Kier molecular flexibility index (Phi) is 4.65. The first kappa shape index (κ1) is 16.5. The van der Waals surface area contributed by atoms with Crippen LogP contribution in [-0.2, 0) is 4.79 Å². The molecule has 128 valence electrons. The molecule has 0 aliphatic carbocycles. The van der Waals surface area contributed by atoms with Gasteiger partial charge < -0.3 is 19.7 Å². The highest BCUT2D eigenvalue weighted by Crippen LogP contribution is 2.32. The second-order valence-electron chi connectivity index (χ2n) is 5.36. The molecule has 1 amide bonds. The normalized spacial score (nSPS) is 10.5. The fraction of sp³-hybridized carbons (Fsp3) is 0.167.